The van der Waals surface area contributed by atoms with Crippen LogP contribution in [0.1, 0.15) is 25.4 Å². The number of carbonyl (C=O) groups is 1. The van der Waals surface area contributed by atoms with Gasteiger partial charge in [-0.25, -0.2) is 15.0 Å². The van der Waals surface area contributed by atoms with Crippen molar-refractivity contribution in [1.29, 1.82) is 0 Å². The number of fused-ring (bicyclic) bond motifs is 1. The lowest BCUT2D eigenvalue weighted by Crippen LogP contribution is -2.29. The Morgan fingerprint density at radius 3 is 2.60 bits per heavy atom. The number of aryl methyl sites for hydroxylation is 1. The Bertz CT molecular complexity index is 1160. The van der Waals surface area contributed by atoms with Gasteiger partial charge in [-0.15, -0.1) is 15.0 Å². The van der Waals surface area contributed by atoms with Crippen molar-refractivity contribution in [3.8, 4) is 11.5 Å². The lowest BCUT2D eigenvalue weighted by molar-refractivity contribution is -0.111. The van der Waals surface area contributed by atoms with Gasteiger partial charge in [-0.3, -0.25) is 9.78 Å². The molecular weight excluding hydrogens is 382 g/mol. The molecule has 1 aliphatic heterocycles. The van der Waals surface area contributed by atoms with E-state index >= 15 is 0 Å². The number of primary amides is 1. The Hall–Kier alpha value is -3.95. The average Bonchev–Trinajstić information content (AvgIpc) is 3.30. The van der Waals surface area contributed by atoms with Crippen LogP contribution in [0.5, 0.6) is 0 Å². The molecular formula is C20H21N9O. The second-order valence-electron chi connectivity index (χ2n) is 6.58. The van der Waals surface area contributed by atoms with Crippen LogP contribution in [0.25, 0.3) is 11.5 Å². The van der Waals surface area contributed by atoms with E-state index in [0.29, 0.717) is 23.0 Å². The monoisotopic (exact) mass is 403 g/mol. The van der Waals surface area contributed by atoms with E-state index in [1.807, 2.05) is 25.1 Å². The summed E-state index contributed by atoms with van der Waals surface area (Å²) >= 11 is 0. The first-order valence-corrected chi connectivity index (χ1v) is 9.61. The third kappa shape index (κ3) is 3.43. The molecule has 0 spiro atoms. The van der Waals surface area contributed by atoms with Gasteiger partial charge in [-0.1, -0.05) is 6.07 Å². The summed E-state index contributed by atoms with van der Waals surface area (Å²) < 4.78 is 0. The quantitative estimate of drug-likeness (QED) is 0.667. The second kappa shape index (κ2) is 7.82. The molecule has 0 unspecified atom stereocenters. The van der Waals surface area contributed by atoms with E-state index in [9.17, 15) is 4.79 Å². The smallest absolute Gasteiger partial charge is 0.271 e. The van der Waals surface area contributed by atoms with Crippen LogP contribution in [-0.4, -0.2) is 55.3 Å². The molecule has 0 saturated carbocycles. The summed E-state index contributed by atoms with van der Waals surface area (Å²) in [6.07, 6.45) is 1.65. The maximum Gasteiger partial charge on any atom is 0.271 e. The van der Waals surface area contributed by atoms with Crippen LogP contribution in [0.3, 0.4) is 0 Å². The van der Waals surface area contributed by atoms with Crippen molar-refractivity contribution in [2.45, 2.75) is 20.8 Å². The highest BCUT2D eigenvalue weighted by atomic mass is 16.1. The van der Waals surface area contributed by atoms with Crippen molar-refractivity contribution >= 4 is 28.8 Å². The van der Waals surface area contributed by atoms with Crippen molar-refractivity contribution in [2.75, 3.05) is 18.0 Å². The van der Waals surface area contributed by atoms with E-state index in [1.165, 1.54) is 4.79 Å². The summed E-state index contributed by atoms with van der Waals surface area (Å²) in [5, 5.41) is 8.49. The van der Waals surface area contributed by atoms with Crippen LogP contribution in [-0.2, 0) is 4.79 Å². The molecule has 0 fully saturated rings. The number of amides is 1. The number of aliphatic imine (C=N–C) groups is 1. The first-order chi connectivity index (χ1) is 14.5. The standard InChI is InChI=1S/C20H21N9O/c1-4-28(5-2)15-10-9-13(12(3)23-15)24-17-16(18(21)30)26-29-20(17)25-19(27-29)14-8-6-7-11-22-14/h6-11H,4-5H2,1-3H3,(H2,21,30)/b24-17-. The molecule has 0 aliphatic carbocycles. The van der Waals surface area contributed by atoms with E-state index in [2.05, 4.69) is 48.9 Å². The lowest BCUT2D eigenvalue weighted by Gasteiger charge is -2.20. The molecule has 1 amide bonds. The number of anilines is 1. The van der Waals surface area contributed by atoms with Crippen LogP contribution in [0.2, 0.25) is 0 Å². The first kappa shape index (κ1) is 19.4. The van der Waals surface area contributed by atoms with Gasteiger partial charge < -0.3 is 10.6 Å². The molecule has 2 N–H and O–H groups in total. The van der Waals surface area contributed by atoms with Gasteiger partial charge in [-0.05, 0) is 45.0 Å². The zero-order valence-electron chi connectivity index (χ0n) is 16.9. The number of rotatable bonds is 6. The predicted molar refractivity (Wildman–Crippen MR) is 114 cm³/mol. The lowest BCUT2D eigenvalue weighted by atomic mass is 10.2. The first-order valence-electron chi connectivity index (χ1n) is 9.61. The summed E-state index contributed by atoms with van der Waals surface area (Å²) in [6.45, 7) is 7.74. The van der Waals surface area contributed by atoms with Crippen LogP contribution < -0.4 is 10.6 Å². The minimum Gasteiger partial charge on any atom is -0.364 e. The Labute approximate surface area is 173 Å². The van der Waals surface area contributed by atoms with Crippen molar-refractivity contribution in [3.05, 3.63) is 48.0 Å². The van der Waals surface area contributed by atoms with Gasteiger partial charge in [0.05, 0.1) is 11.4 Å². The molecule has 0 radical (unpaired) electrons. The molecule has 0 saturated heterocycles. The van der Waals surface area contributed by atoms with Crippen molar-refractivity contribution < 1.29 is 4.79 Å². The Morgan fingerprint density at radius 1 is 1.17 bits per heavy atom. The van der Waals surface area contributed by atoms with Crippen LogP contribution in [0.4, 0.5) is 11.5 Å². The van der Waals surface area contributed by atoms with Gasteiger partial charge in [0.15, 0.2) is 5.71 Å². The summed E-state index contributed by atoms with van der Waals surface area (Å²) in [4.78, 5) is 33.3. The summed E-state index contributed by atoms with van der Waals surface area (Å²) in [7, 11) is 0. The van der Waals surface area contributed by atoms with Crippen molar-refractivity contribution in [1.82, 2.24) is 24.8 Å². The highest BCUT2D eigenvalue weighted by Gasteiger charge is 2.31. The zero-order chi connectivity index (χ0) is 21.3. The van der Waals surface area contributed by atoms with Gasteiger partial charge >= 0.3 is 0 Å². The third-order valence-electron chi connectivity index (χ3n) is 4.71. The Morgan fingerprint density at radius 2 is 1.97 bits per heavy atom. The topological polar surface area (TPSA) is 128 Å². The molecule has 1 aliphatic rings. The molecule has 0 aromatic carbocycles. The molecule has 10 nitrogen and oxygen atoms in total. The molecule has 10 heteroatoms. The maximum atomic E-state index is 11.9. The highest BCUT2D eigenvalue weighted by molar-refractivity contribution is 6.70. The van der Waals surface area contributed by atoms with Gasteiger partial charge in [0.1, 0.15) is 17.2 Å². The van der Waals surface area contributed by atoms with E-state index < -0.39 is 5.91 Å². The fraction of sp³-hybridized carbons (Fsp3) is 0.250. The molecule has 3 aromatic heterocycles. The molecule has 4 rings (SSSR count). The van der Waals surface area contributed by atoms with Crippen LogP contribution in [0.15, 0.2) is 46.6 Å². The normalized spacial score (nSPS) is 14.0. The summed E-state index contributed by atoms with van der Waals surface area (Å²) in [5.41, 5.74) is 7.70. The van der Waals surface area contributed by atoms with Gasteiger partial charge in [0.2, 0.25) is 11.6 Å². The Kier molecular flexibility index (Phi) is 5.05. The van der Waals surface area contributed by atoms with Gasteiger partial charge in [0.25, 0.3) is 5.91 Å². The molecule has 0 atom stereocenters. The van der Waals surface area contributed by atoms with Gasteiger partial charge in [0, 0.05) is 19.3 Å². The average molecular weight is 403 g/mol. The molecule has 30 heavy (non-hydrogen) atoms. The van der Waals surface area contributed by atoms with E-state index in [0.717, 1.165) is 24.6 Å². The minimum atomic E-state index is -0.703. The Balaban J connectivity index is 1.77. The highest BCUT2D eigenvalue weighted by Crippen LogP contribution is 2.24. The third-order valence-corrected chi connectivity index (χ3v) is 4.71. The van der Waals surface area contributed by atoms with E-state index in [-0.39, 0.29) is 11.4 Å². The molecule has 152 valence electrons. The van der Waals surface area contributed by atoms with Crippen LogP contribution >= 0.6 is 0 Å². The molecule has 4 heterocycles. The minimum absolute atomic E-state index is 0.00444. The summed E-state index contributed by atoms with van der Waals surface area (Å²) in [5.74, 6) is 0.886. The number of pyridine rings is 2. The number of carbonyl (C=O) groups excluding carboxylic acids is 1. The molecule has 0 bridgehead atoms. The fourth-order valence-corrected chi connectivity index (χ4v) is 3.15. The van der Waals surface area contributed by atoms with Crippen molar-refractivity contribution in [2.24, 2.45) is 15.8 Å². The summed E-state index contributed by atoms with van der Waals surface area (Å²) in [6, 6.07) is 9.20. The number of hydrogen-bond acceptors (Lipinski definition) is 8. The number of aromatic nitrogens is 5. The second-order valence-corrected chi connectivity index (χ2v) is 6.58. The fourth-order valence-electron chi connectivity index (χ4n) is 3.15. The van der Waals surface area contributed by atoms with E-state index in [4.69, 9.17) is 5.73 Å². The molecule has 3 aromatic rings. The van der Waals surface area contributed by atoms with Gasteiger partial charge in [-0.2, -0.15) is 0 Å². The zero-order valence-corrected chi connectivity index (χ0v) is 16.9. The number of nitrogens with zero attached hydrogens (tertiary/aromatic N) is 8. The SMILES string of the molecule is CCN(CC)c1ccc(/N=C2/C(C(N)=O)=Nn3nc(-c4ccccn4)nc32)c(C)n1. The largest absolute Gasteiger partial charge is 0.364 e. The maximum absolute atomic E-state index is 11.9. The van der Waals surface area contributed by atoms with Crippen molar-refractivity contribution in [3.63, 3.8) is 0 Å². The van der Waals surface area contributed by atoms with Crippen LogP contribution in [0, 0.1) is 6.92 Å². The predicted octanol–water partition coefficient (Wildman–Crippen LogP) is 1.71. The number of nitrogens with two attached hydrogens (primary N) is 1. The van der Waals surface area contributed by atoms with E-state index in [1.54, 1.807) is 18.3 Å². The number of hydrogen-bond donors (Lipinski definition) is 1.